The van der Waals surface area contributed by atoms with E-state index in [0.717, 1.165) is 16.5 Å². The summed E-state index contributed by atoms with van der Waals surface area (Å²) in [6.07, 6.45) is 1.60. The Kier molecular flexibility index (Phi) is 1.91. The maximum Gasteiger partial charge on any atom is 0.171 e. The number of rotatable bonds is 1. The van der Waals surface area contributed by atoms with E-state index in [4.69, 9.17) is 26.3 Å². The second kappa shape index (κ2) is 3.28. The highest BCUT2D eigenvalue weighted by Gasteiger charge is 2.14. The molecule has 3 aromatic rings. The highest BCUT2D eigenvalue weighted by molar-refractivity contribution is 6.34. The SMILES string of the molecule is Nc1cc(-c2c(Cl)ccc3occc23)on1. The number of nitrogens with zero attached hydrogens (tertiary/aromatic N) is 1. The van der Waals surface area contributed by atoms with Gasteiger partial charge in [0.2, 0.25) is 0 Å². The van der Waals surface area contributed by atoms with E-state index < -0.39 is 0 Å². The molecule has 5 heteroatoms. The van der Waals surface area contributed by atoms with Crippen LogP contribution in [0.5, 0.6) is 0 Å². The molecule has 0 spiro atoms. The van der Waals surface area contributed by atoms with Gasteiger partial charge in [0.25, 0.3) is 0 Å². The molecule has 0 aliphatic carbocycles. The lowest BCUT2D eigenvalue weighted by Crippen LogP contribution is -1.80. The van der Waals surface area contributed by atoms with Crippen LogP contribution in [-0.4, -0.2) is 5.16 Å². The largest absolute Gasteiger partial charge is 0.464 e. The van der Waals surface area contributed by atoms with Gasteiger partial charge >= 0.3 is 0 Å². The molecule has 0 unspecified atom stereocenters. The Bertz CT molecular complexity index is 657. The number of hydrogen-bond donors (Lipinski definition) is 1. The van der Waals surface area contributed by atoms with Crippen LogP contribution in [0.4, 0.5) is 5.82 Å². The maximum absolute atomic E-state index is 6.13. The topological polar surface area (TPSA) is 65.2 Å². The third-order valence-electron chi connectivity index (χ3n) is 2.36. The summed E-state index contributed by atoms with van der Waals surface area (Å²) in [5.41, 5.74) is 7.01. The average Bonchev–Trinajstić information content (AvgIpc) is 2.86. The first-order valence-corrected chi connectivity index (χ1v) is 5.02. The minimum absolute atomic E-state index is 0.326. The van der Waals surface area contributed by atoms with Gasteiger partial charge in [-0.3, -0.25) is 0 Å². The first-order chi connectivity index (χ1) is 7.75. The quantitative estimate of drug-likeness (QED) is 0.701. The van der Waals surface area contributed by atoms with Gasteiger partial charge in [0.15, 0.2) is 11.6 Å². The fourth-order valence-electron chi connectivity index (χ4n) is 1.67. The van der Waals surface area contributed by atoms with Gasteiger partial charge in [-0.05, 0) is 18.2 Å². The van der Waals surface area contributed by atoms with Crippen molar-refractivity contribution in [1.29, 1.82) is 0 Å². The Morgan fingerprint density at radius 3 is 2.88 bits per heavy atom. The zero-order valence-corrected chi connectivity index (χ0v) is 8.86. The van der Waals surface area contributed by atoms with Crippen molar-refractivity contribution in [2.75, 3.05) is 5.73 Å². The number of aromatic nitrogens is 1. The number of nitrogens with two attached hydrogens (primary N) is 1. The lowest BCUT2D eigenvalue weighted by atomic mass is 10.1. The van der Waals surface area contributed by atoms with Crippen LogP contribution in [0.3, 0.4) is 0 Å². The second-order valence-electron chi connectivity index (χ2n) is 3.37. The third-order valence-corrected chi connectivity index (χ3v) is 2.67. The molecule has 0 fully saturated rings. The maximum atomic E-state index is 6.13. The first-order valence-electron chi connectivity index (χ1n) is 4.64. The Balaban J connectivity index is 2.36. The monoisotopic (exact) mass is 234 g/mol. The number of anilines is 1. The molecule has 4 nitrogen and oxygen atoms in total. The number of nitrogen functional groups attached to an aromatic ring is 1. The first kappa shape index (κ1) is 9.30. The average molecular weight is 235 g/mol. The van der Waals surface area contributed by atoms with E-state index in [1.54, 1.807) is 24.5 Å². The fraction of sp³-hybridized carbons (Fsp3) is 0. The van der Waals surface area contributed by atoms with E-state index in [1.165, 1.54) is 0 Å². The molecule has 3 rings (SSSR count). The van der Waals surface area contributed by atoms with E-state index in [0.29, 0.717) is 16.6 Å². The Morgan fingerprint density at radius 2 is 2.12 bits per heavy atom. The van der Waals surface area contributed by atoms with Crippen molar-refractivity contribution in [2.45, 2.75) is 0 Å². The number of furan rings is 1. The molecule has 0 aliphatic rings. The molecular weight excluding hydrogens is 228 g/mol. The zero-order chi connectivity index (χ0) is 11.1. The lowest BCUT2D eigenvalue weighted by Gasteiger charge is -2.00. The summed E-state index contributed by atoms with van der Waals surface area (Å²) in [5.74, 6) is 0.862. The number of hydrogen-bond acceptors (Lipinski definition) is 4. The molecule has 0 saturated carbocycles. The molecule has 2 heterocycles. The predicted molar refractivity (Wildman–Crippen MR) is 61.1 cm³/mol. The van der Waals surface area contributed by atoms with E-state index >= 15 is 0 Å². The Morgan fingerprint density at radius 1 is 1.25 bits per heavy atom. The number of benzene rings is 1. The summed E-state index contributed by atoms with van der Waals surface area (Å²) in [4.78, 5) is 0. The summed E-state index contributed by atoms with van der Waals surface area (Å²) in [6, 6.07) is 7.02. The van der Waals surface area contributed by atoms with Crippen molar-refractivity contribution in [3.63, 3.8) is 0 Å². The number of fused-ring (bicyclic) bond motifs is 1. The van der Waals surface area contributed by atoms with Gasteiger partial charge in [-0.15, -0.1) is 0 Å². The van der Waals surface area contributed by atoms with E-state index in [2.05, 4.69) is 5.16 Å². The van der Waals surface area contributed by atoms with Gasteiger partial charge in [-0.1, -0.05) is 16.8 Å². The molecule has 2 aromatic heterocycles. The van der Waals surface area contributed by atoms with E-state index in [9.17, 15) is 0 Å². The molecule has 0 bridgehead atoms. The van der Waals surface area contributed by atoms with E-state index in [1.807, 2.05) is 6.07 Å². The summed E-state index contributed by atoms with van der Waals surface area (Å²) in [5, 5.41) is 5.09. The van der Waals surface area contributed by atoms with Gasteiger partial charge in [-0.2, -0.15) is 0 Å². The van der Waals surface area contributed by atoms with Gasteiger partial charge in [0.1, 0.15) is 5.58 Å². The fourth-order valence-corrected chi connectivity index (χ4v) is 1.93. The molecule has 2 N–H and O–H groups in total. The van der Waals surface area contributed by atoms with Crippen LogP contribution in [0, 0.1) is 0 Å². The van der Waals surface area contributed by atoms with Crippen molar-refractivity contribution in [2.24, 2.45) is 0 Å². The summed E-state index contributed by atoms with van der Waals surface area (Å²) in [6.45, 7) is 0. The number of halogens is 1. The standard InChI is InChI=1S/C11H7ClN2O2/c12-7-1-2-8-6(3-4-15-8)11(7)9-5-10(13)14-16-9/h1-5H,(H2,13,14). The van der Waals surface area contributed by atoms with Crippen molar-refractivity contribution >= 4 is 28.4 Å². The zero-order valence-electron chi connectivity index (χ0n) is 8.11. The van der Waals surface area contributed by atoms with Crippen LogP contribution in [-0.2, 0) is 0 Å². The van der Waals surface area contributed by atoms with Crippen LogP contribution in [0.2, 0.25) is 5.02 Å². The van der Waals surface area contributed by atoms with Crippen molar-refractivity contribution in [3.05, 3.63) is 35.6 Å². The minimum Gasteiger partial charge on any atom is -0.464 e. The van der Waals surface area contributed by atoms with Crippen LogP contribution in [0.25, 0.3) is 22.3 Å². The second-order valence-corrected chi connectivity index (χ2v) is 3.78. The van der Waals surface area contributed by atoms with Crippen molar-refractivity contribution in [1.82, 2.24) is 5.16 Å². The van der Waals surface area contributed by atoms with Gasteiger partial charge in [-0.25, -0.2) is 0 Å². The molecule has 0 aliphatic heterocycles. The summed E-state index contributed by atoms with van der Waals surface area (Å²) >= 11 is 6.13. The molecule has 0 radical (unpaired) electrons. The molecule has 0 saturated heterocycles. The van der Waals surface area contributed by atoms with Crippen molar-refractivity contribution < 1.29 is 8.94 Å². The molecule has 0 amide bonds. The van der Waals surface area contributed by atoms with Gasteiger partial charge in [0.05, 0.1) is 11.3 Å². The highest BCUT2D eigenvalue weighted by atomic mass is 35.5. The van der Waals surface area contributed by atoms with Crippen molar-refractivity contribution in [3.8, 4) is 11.3 Å². The molecular formula is C11H7ClN2O2. The van der Waals surface area contributed by atoms with Gasteiger partial charge in [0, 0.05) is 17.0 Å². The van der Waals surface area contributed by atoms with Crippen LogP contribution >= 0.6 is 11.6 Å². The molecule has 16 heavy (non-hydrogen) atoms. The molecule has 1 aromatic carbocycles. The summed E-state index contributed by atoms with van der Waals surface area (Å²) < 4.78 is 10.4. The normalized spacial score (nSPS) is 11.1. The Labute approximate surface area is 95.6 Å². The predicted octanol–water partition coefficient (Wildman–Crippen LogP) is 3.32. The van der Waals surface area contributed by atoms with Crippen LogP contribution in [0.1, 0.15) is 0 Å². The van der Waals surface area contributed by atoms with Gasteiger partial charge < -0.3 is 14.7 Å². The highest BCUT2D eigenvalue weighted by Crippen LogP contribution is 2.36. The van der Waals surface area contributed by atoms with Crippen LogP contribution in [0.15, 0.2) is 39.5 Å². The smallest absolute Gasteiger partial charge is 0.171 e. The molecule has 0 atom stereocenters. The minimum atomic E-state index is 0.326. The lowest BCUT2D eigenvalue weighted by molar-refractivity contribution is 0.436. The summed E-state index contributed by atoms with van der Waals surface area (Å²) in [7, 11) is 0. The third kappa shape index (κ3) is 1.27. The Hall–Kier alpha value is -1.94. The van der Waals surface area contributed by atoms with E-state index in [-0.39, 0.29) is 0 Å². The van der Waals surface area contributed by atoms with Crippen LogP contribution < -0.4 is 5.73 Å². The molecule has 80 valence electrons.